The molecule has 1 aromatic rings. The van der Waals surface area contributed by atoms with Crippen LogP contribution in [0.2, 0.25) is 0 Å². The van der Waals surface area contributed by atoms with E-state index in [9.17, 15) is 8.78 Å². The molecule has 0 amide bonds. The molecule has 2 nitrogen and oxygen atoms in total. The summed E-state index contributed by atoms with van der Waals surface area (Å²) >= 11 is 0. The highest BCUT2D eigenvalue weighted by Crippen LogP contribution is 2.27. The lowest BCUT2D eigenvalue weighted by molar-refractivity contribution is 0.151. The van der Waals surface area contributed by atoms with E-state index in [-0.39, 0.29) is 5.56 Å². The molecule has 0 aromatic heterocycles. The number of aryl methyl sites for hydroxylation is 1. The lowest BCUT2D eigenvalue weighted by Gasteiger charge is -2.10. The van der Waals surface area contributed by atoms with E-state index in [0.717, 1.165) is 24.8 Å². The molecule has 0 heterocycles. The van der Waals surface area contributed by atoms with Crippen molar-refractivity contribution in [3.63, 3.8) is 0 Å². The number of hydrogen-bond donors (Lipinski definition) is 1. The van der Waals surface area contributed by atoms with Gasteiger partial charge in [-0.05, 0) is 37.4 Å². The summed E-state index contributed by atoms with van der Waals surface area (Å²) in [4.78, 5) is 0. The summed E-state index contributed by atoms with van der Waals surface area (Å²) in [5.41, 5.74) is 6.35. The van der Waals surface area contributed by atoms with Gasteiger partial charge in [-0.25, -0.2) is 8.78 Å². The summed E-state index contributed by atoms with van der Waals surface area (Å²) in [6.45, 7) is 0.650. The first-order valence-corrected chi connectivity index (χ1v) is 5.34. The van der Waals surface area contributed by atoms with Crippen LogP contribution in [0.25, 0.3) is 0 Å². The second-order valence-corrected chi connectivity index (χ2v) is 3.62. The largest absolute Gasteiger partial charge is 0.496 e. The molecule has 0 aliphatic rings. The van der Waals surface area contributed by atoms with Gasteiger partial charge in [0.05, 0.1) is 7.11 Å². The van der Waals surface area contributed by atoms with E-state index < -0.39 is 6.43 Å². The van der Waals surface area contributed by atoms with E-state index in [1.165, 1.54) is 19.2 Å². The molecule has 0 saturated heterocycles. The highest BCUT2D eigenvalue weighted by Gasteiger charge is 2.10. The Balaban J connectivity index is 2.76. The fourth-order valence-corrected chi connectivity index (χ4v) is 1.56. The lowest BCUT2D eigenvalue weighted by atomic mass is 10.0. The summed E-state index contributed by atoms with van der Waals surface area (Å²) < 4.78 is 30.0. The number of rotatable bonds is 6. The maximum atomic E-state index is 12.4. The molecule has 0 fully saturated rings. The molecule has 0 saturated carbocycles. The molecule has 2 N–H and O–H groups in total. The van der Waals surface area contributed by atoms with Gasteiger partial charge in [0.25, 0.3) is 6.43 Å². The average molecular weight is 229 g/mol. The molecular formula is C12H17F2NO. The Morgan fingerprint density at radius 3 is 2.62 bits per heavy atom. The summed E-state index contributed by atoms with van der Waals surface area (Å²) in [6.07, 6.45) is 0.233. The molecule has 0 aliphatic carbocycles. The van der Waals surface area contributed by atoms with Crippen LogP contribution in [0.1, 0.15) is 30.4 Å². The van der Waals surface area contributed by atoms with Crippen molar-refractivity contribution in [3.8, 4) is 5.75 Å². The maximum Gasteiger partial charge on any atom is 0.263 e. The van der Waals surface area contributed by atoms with Crippen molar-refractivity contribution in [2.75, 3.05) is 13.7 Å². The van der Waals surface area contributed by atoms with Crippen molar-refractivity contribution >= 4 is 0 Å². The van der Waals surface area contributed by atoms with Crippen LogP contribution in [0.15, 0.2) is 18.2 Å². The molecule has 0 radical (unpaired) electrons. The number of alkyl halides is 2. The van der Waals surface area contributed by atoms with E-state index in [1.54, 1.807) is 6.07 Å². The zero-order chi connectivity index (χ0) is 12.0. The second kappa shape index (κ2) is 6.43. The Hall–Kier alpha value is -1.16. The molecule has 4 heteroatoms. The van der Waals surface area contributed by atoms with E-state index in [4.69, 9.17) is 10.5 Å². The number of methoxy groups -OCH3 is 1. The van der Waals surface area contributed by atoms with E-state index in [1.807, 2.05) is 0 Å². The normalized spacial score (nSPS) is 10.8. The number of ether oxygens (including phenoxy) is 1. The average Bonchev–Trinajstić information content (AvgIpc) is 2.29. The van der Waals surface area contributed by atoms with E-state index in [0.29, 0.717) is 12.3 Å². The molecule has 0 unspecified atom stereocenters. The van der Waals surface area contributed by atoms with Crippen molar-refractivity contribution in [2.45, 2.75) is 25.7 Å². The molecule has 0 bridgehead atoms. The van der Waals surface area contributed by atoms with Crippen molar-refractivity contribution in [2.24, 2.45) is 5.73 Å². The first-order valence-electron chi connectivity index (χ1n) is 5.34. The molecule has 90 valence electrons. The molecule has 0 aliphatic heterocycles. The molecule has 1 rings (SSSR count). The van der Waals surface area contributed by atoms with Crippen molar-refractivity contribution < 1.29 is 13.5 Å². The topological polar surface area (TPSA) is 35.2 Å². The Morgan fingerprint density at radius 2 is 2.06 bits per heavy atom. The van der Waals surface area contributed by atoms with Gasteiger partial charge in [-0.2, -0.15) is 0 Å². The third kappa shape index (κ3) is 3.45. The predicted octanol–water partition coefficient (Wildman–Crippen LogP) is 2.91. The molecule has 0 spiro atoms. The minimum Gasteiger partial charge on any atom is -0.496 e. The third-order valence-corrected chi connectivity index (χ3v) is 2.46. The lowest BCUT2D eigenvalue weighted by Crippen LogP contribution is -2.00. The van der Waals surface area contributed by atoms with Gasteiger partial charge >= 0.3 is 0 Å². The van der Waals surface area contributed by atoms with Gasteiger partial charge in [0.2, 0.25) is 0 Å². The van der Waals surface area contributed by atoms with Gasteiger partial charge in [-0.1, -0.05) is 12.1 Å². The standard InChI is InChI=1S/C12H17F2NO/c1-16-11-8-10(12(13)14)6-5-9(11)4-2-3-7-15/h5-6,8,12H,2-4,7,15H2,1H3. The number of benzene rings is 1. The van der Waals surface area contributed by atoms with Gasteiger partial charge in [0.15, 0.2) is 0 Å². The number of halogens is 2. The molecule has 0 atom stereocenters. The van der Waals surface area contributed by atoms with Crippen LogP contribution in [-0.2, 0) is 6.42 Å². The van der Waals surface area contributed by atoms with Gasteiger partial charge in [-0.3, -0.25) is 0 Å². The van der Waals surface area contributed by atoms with Crippen LogP contribution in [0.3, 0.4) is 0 Å². The van der Waals surface area contributed by atoms with Crippen molar-refractivity contribution in [3.05, 3.63) is 29.3 Å². The van der Waals surface area contributed by atoms with Gasteiger partial charge in [0, 0.05) is 5.56 Å². The molecule has 1 aromatic carbocycles. The Morgan fingerprint density at radius 1 is 1.31 bits per heavy atom. The monoisotopic (exact) mass is 229 g/mol. The van der Waals surface area contributed by atoms with Gasteiger partial charge < -0.3 is 10.5 Å². The zero-order valence-corrected chi connectivity index (χ0v) is 9.38. The summed E-state index contributed by atoms with van der Waals surface area (Å²) in [7, 11) is 1.50. The van der Waals surface area contributed by atoms with E-state index >= 15 is 0 Å². The Labute approximate surface area is 94.4 Å². The SMILES string of the molecule is COc1cc(C(F)F)ccc1CCCCN. The number of unbranched alkanes of at least 4 members (excludes halogenated alkanes) is 1. The number of hydrogen-bond acceptors (Lipinski definition) is 2. The smallest absolute Gasteiger partial charge is 0.263 e. The third-order valence-electron chi connectivity index (χ3n) is 2.46. The van der Waals surface area contributed by atoms with Crippen LogP contribution < -0.4 is 10.5 Å². The molecular weight excluding hydrogens is 212 g/mol. The fourth-order valence-electron chi connectivity index (χ4n) is 1.56. The fraction of sp³-hybridized carbons (Fsp3) is 0.500. The first kappa shape index (κ1) is 12.9. The van der Waals surface area contributed by atoms with Gasteiger partial charge in [-0.15, -0.1) is 0 Å². The van der Waals surface area contributed by atoms with Crippen LogP contribution in [0, 0.1) is 0 Å². The Bertz CT molecular complexity index is 329. The van der Waals surface area contributed by atoms with Crippen molar-refractivity contribution in [1.29, 1.82) is 0 Å². The summed E-state index contributed by atoms with van der Waals surface area (Å²) in [5.74, 6) is 0.537. The maximum absolute atomic E-state index is 12.4. The minimum atomic E-state index is -2.45. The van der Waals surface area contributed by atoms with Crippen molar-refractivity contribution in [1.82, 2.24) is 0 Å². The minimum absolute atomic E-state index is 0.000533. The van der Waals surface area contributed by atoms with Crippen LogP contribution in [0.5, 0.6) is 5.75 Å². The first-order chi connectivity index (χ1) is 7.69. The summed E-state index contributed by atoms with van der Waals surface area (Å²) in [5, 5.41) is 0. The van der Waals surface area contributed by atoms with E-state index in [2.05, 4.69) is 0 Å². The van der Waals surface area contributed by atoms with Crippen LogP contribution in [0.4, 0.5) is 8.78 Å². The quantitative estimate of drug-likeness (QED) is 0.761. The van der Waals surface area contributed by atoms with Crippen LogP contribution in [-0.4, -0.2) is 13.7 Å². The van der Waals surface area contributed by atoms with Crippen LogP contribution >= 0.6 is 0 Å². The number of nitrogens with two attached hydrogens (primary N) is 1. The second-order valence-electron chi connectivity index (χ2n) is 3.62. The van der Waals surface area contributed by atoms with Gasteiger partial charge in [0.1, 0.15) is 5.75 Å². The Kier molecular flexibility index (Phi) is 5.19. The highest BCUT2D eigenvalue weighted by atomic mass is 19.3. The zero-order valence-electron chi connectivity index (χ0n) is 9.38. The summed E-state index contributed by atoms with van der Waals surface area (Å²) in [6, 6.07) is 4.56. The predicted molar refractivity (Wildman–Crippen MR) is 59.9 cm³/mol. The molecule has 16 heavy (non-hydrogen) atoms. The highest BCUT2D eigenvalue weighted by molar-refractivity contribution is 5.38.